The van der Waals surface area contributed by atoms with Gasteiger partial charge in [0, 0.05) is 28.3 Å². The van der Waals surface area contributed by atoms with Crippen LogP contribution >= 0.6 is 21.8 Å². The molecule has 0 N–H and O–H groups in total. The lowest BCUT2D eigenvalue weighted by molar-refractivity contribution is 0.626. The van der Waals surface area contributed by atoms with E-state index < -0.39 is 10.2 Å². The first-order valence-corrected chi connectivity index (χ1v) is 10.5. The zero-order valence-corrected chi connectivity index (χ0v) is 16.2. The molecule has 2 aromatic heterocycles. The van der Waals surface area contributed by atoms with Gasteiger partial charge in [0.05, 0.1) is 5.02 Å². The molecule has 2 rings (SSSR count). The molecule has 0 aliphatic heterocycles. The fourth-order valence-corrected chi connectivity index (χ4v) is 8.15. The van der Waals surface area contributed by atoms with Crippen LogP contribution in [0, 0.1) is 5.92 Å². The highest BCUT2D eigenvalue weighted by atomic mass is 35.5. The van der Waals surface area contributed by atoms with Crippen LogP contribution in [0.2, 0.25) is 5.02 Å². The Morgan fingerprint density at radius 3 is 2.32 bits per heavy atom. The van der Waals surface area contributed by atoms with Gasteiger partial charge in [-0.2, -0.15) is 10.2 Å². The first kappa shape index (κ1) is 17.7. The monoisotopic (exact) mass is 340 g/mol. The maximum atomic E-state index is 6.11. The smallest absolute Gasteiger partial charge is 0.148 e. The third kappa shape index (κ3) is 3.16. The van der Waals surface area contributed by atoms with Gasteiger partial charge in [0.15, 0.2) is 0 Å². The Hall–Kier alpha value is -0.670. The van der Waals surface area contributed by atoms with Crippen molar-refractivity contribution in [2.45, 2.75) is 58.5 Å². The van der Waals surface area contributed by atoms with Gasteiger partial charge in [0.25, 0.3) is 0 Å². The van der Waals surface area contributed by atoms with Gasteiger partial charge in [0.1, 0.15) is 5.65 Å². The molecule has 0 aliphatic carbocycles. The Morgan fingerprint density at radius 1 is 1.14 bits per heavy atom. The first-order valence-electron chi connectivity index (χ1n) is 8.21. The zero-order valence-electron chi connectivity index (χ0n) is 14.6. The number of rotatable bonds is 6. The lowest BCUT2D eigenvalue weighted by atomic mass is 10.2. The predicted molar refractivity (Wildman–Crippen MR) is 102 cm³/mol. The Bertz CT molecular complexity index is 623. The number of nitrogens with zero attached hydrogens (tertiary/aromatic N) is 2. The van der Waals surface area contributed by atoms with Crippen molar-refractivity contribution >= 4 is 32.8 Å². The van der Waals surface area contributed by atoms with Crippen molar-refractivity contribution in [3.8, 4) is 0 Å². The summed E-state index contributed by atoms with van der Waals surface area (Å²) in [4.78, 5) is 4.65. The highest BCUT2D eigenvalue weighted by Crippen LogP contribution is 2.59. The summed E-state index contributed by atoms with van der Waals surface area (Å²) in [5, 5.41) is 3.11. The van der Waals surface area contributed by atoms with Crippen LogP contribution in [-0.4, -0.2) is 25.2 Å². The molecule has 2 aromatic rings. The standard InChI is InChI=1S/C18H29ClN2S/c1-13(2)8-10-22(14(3)4,15(5)6)21-9-7-16-11-17(19)12-20-18(16)21/h7,9,11-15H,8,10H2,1-6H3. The van der Waals surface area contributed by atoms with Crippen LogP contribution < -0.4 is 0 Å². The third-order valence-corrected chi connectivity index (χ3v) is 9.87. The van der Waals surface area contributed by atoms with E-state index in [1.807, 2.05) is 6.07 Å². The van der Waals surface area contributed by atoms with Gasteiger partial charge in [-0.25, -0.2) is 4.98 Å². The van der Waals surface area contributed by atoms with E-state index in [9.17, 15) is 0 Å². The van der Waals surface area contributed by atoms with Crippen molar-refractivity contribution < 1.29 is 0 Å². The zero-order chi connectivity index (χ0) is 16.5. The molecule has 0 saturated heterocycles. The Morgan fingerprint density at radius 2 is 1.77 bits per heavy atom. The van der Waals surface area contributed by atoms with Gasteiger partial charge >= 0.3 is 0 Å². The second-order valence-electron chi connectivity index (χ2n) is 7.00. The number of halogens is 1. The van der Waals surface area contributed by atoms with Gasteiger partial charge in [-0.05, 0) is 30.2 Å². The maximum absolute atomic E-state index is 6.11. The molecule has 2 heterocycles. The fraction of sp³-hybridized carbons (Fsp3) is 0.611. The quantitative estimate of drug-likeness (QED) is 0.619. The van der Waals surface area contributed by atoms with Gasteiger partial charge < -0.3 is 0 Å². The number of fused-ring (bicyclic) bond motifs is 1. The summed E-state index contributed by atoms with van der Waals surface area (Å²) in [6.45, 7) is 14.1. The molecule has 0 aliphatic rings. The van der Waals surface area contributed by atoms with E-state index in [-0.39, 0.29) is 0 Å². The SMILES string of the molecule is CC(C)CCS(C(C)C)(C(C)C)n1ccc2cc(Cl)cnc21. The predicted octanol–water partition coefficient (Wildman–Crippen LogP) is 6.12. The molecule has 0 amide bonds. The first-order chi connectivity index (χ1) is 10.3. The Kier molecular flexibility index (Phi) is 5.50. The van der Waals surface area contributed by atoms with E-state index in [4.69, 9.17) is 11.6 Å². The molecule has 0 atom stereocenters. The van der Waals surface area contributed by atoms with Crippen LogP contribution in [0.1, 0.15) is 48.0 Å². The lowest BCUT2D eigenvalue weighted by Crippen LogP contribution is -2.30. The summed E-state index contributed by atoms with van der Waals surface area (Å²) in [6, 6.07) is 4.18. The van der Waals surface area contributed by atoms with Crippen molar-refractivity contribution in [3.63, 3.8) is 0 Å². The molecule has 22 heavy (non-hydrogen) atoms. The minimum Gasteiger partial charge on any atom is -0.294 e. The Balaban J connectivity index is 2.59. The Labute approximate surface area is 141 Å². The van der Waals surface area contributed by atoms with Gasteiger partial charge in [0.2, 0.25) is 0 Å². The van der Waals surface area contributed by atoms with E-state index in [2.05, 4.69) is 62.8 Å². The second kappa shape index (κ2) is 6.84. The van der Waals surface area contributed by atoms with Crippen molar-refractivity contribution in [1.82, 2.24) is 8.96 Å². The molecule has 0 unspecified atom stereocenters. The molecular formula is C18H29ClN2S. The number of pyridine rings is 1. The van der Waals surface area contributed by atoms with Crippen LogP contribution in [0.4, 0.5) is 0 Å². The molecule has 124 valence electrons. The molecule has 0 saturated carbocycles. The number of hydrogen-bond donors (Lipinski definition) is 0. The molecule has 4 heteroatoms. The van der Waals surface area contributed by atoms with E-state index in [1.54, 1.807) is 6.20 Å². The van der Waals surface area contributed by atoms with Gasteiger partial charge in [-0.15, -0.1) is 0 Å². The van der Waals surface area contributed by atoms with Gasteiger partial charge in [-0.1, -0.05) is 53.1 Å². The van der Waals surface area contributed by atoms with E-state index in [0.29, 0.717) is 15.5 Å². The second-order valence-corrected chi connectivity index (χ2v) is 11.7. The maximum Gasteiger partial charge on any atom is 0.148 e. The molecule has 0 radical (unpaired) electrons. The largest absolute Gasteiger partial charge is 0.294 e. The van der Waals surface area contributed by atoms with Gasteiger partial charge in [-0.3, -0.25) is 3.97 Å². The highest BCUT2D eigenvalue weighted by Gasteiger charge is 2.34. The van der Waals surface area contributed by atoms with E-state index >= 15 is 0 Å². The molecule has 0 fully saturated rings. The number of aromatic nitrogens is 2. The summed E-state index contributed by atoms with van der Waals surface area (Å²) in [6.07, 6.45) is 5.27. The van der Waals surface area contributed by atoms with E-state index in [0.717, 1.165) is 17.0 Å². The average molecular weight is 341 g/mol. The molecular weight excluding hydrogens is 312 g/mol. The normalized spacial score (nSPS) is 13.7. The van der Waals surface area contributed by atoms with E-state index in [1.165, 1.54) is 12.2 Å². The van der Waals surface area contributed by atoms with Crippen LogP contribution in [0.5, 0.6) is 0 Å². The lowest BCUT2D eigenvalue weighted by Gasteiger charge is -2.49. The summed E-state index contributed by atoms with van der Waals surface area (Å²) >= 11 is 6.11. The summed E-state index contributed by atoms with van der Waals surface area (Å²) < 4.78 is 2.50. The molecule has 0 spiro atoms. The average Bonchev–Trinajstić information content (AvgIpc) is 2.81. The fourth-order valence-electron chi connectivity index (χ4n) is 3.24. The minimum atomic E-state index is -0.989. The van der Waals surface area contributed by atoms with Crippen molar-refractivity contribution in [2.75, 3.05) is 5.75 Å². The molecule has 2 nitrogen and oxygen atoms in total. The van der Waals surface area contributed by atoms with Crippen LogP contribution in [0.25, 0.3) is 11.0 Å². The topological polar surface area (TPSA) is 17.8 Å². The summed E-state index contributed by atoms with van der Waals surface area (Å²) in [5.41, 5.74) is 1.09. The third-order valence-electron chi connectivity index (χ3n) is 4.48. The minimum absolute atomic E-state index is 0.624. The van der Waals surface area contributed by atoms with Crippen LogP contribution in [0.15, 0.2) is 24.5 Å². The van der Waals surface area contributed by atoms with Crippen molar-refractivity contribution in [2.24, 2.45) is 5.92 Å². The van der Waals surface area contributed by atoms with Crippen LogP contribution in [0.3, 0.4) is 0 Å². The summed E-state index contributed by atoms with van der Waals surface area (Å²) in [5.74, 6) is 1.99. The highest BCUT2D eigenvalue weighted by molar-refractivity contribution is 8.33. The summed E-state index contributed by atoms with van der Waals surface area (Å²) in [7, 11) is -0.989. The number of hydrogen-bond acceptors (Lipinski definition) is 1. The van der Waals surface area contributed by atoms with Crippen molar-refractivity contribution in [3.05, 3.63) is 29.5 Å². The molecule has 0 aromatic carbocycles. The van der Waals surface area contributed by atoms with Crippen LogP contribution in [-0.2, 0) is 0 Å². The van der Waals surface area contributed by atoms with Crippen molar-refractivity contribution in [1.29, 1.82) is 0 Å². The molecule has 0 bridgehead atoms.